The fraction of sp³-hybridized carbons (Fsp3) is 0. The number of thiophene rings is 2. The maximum Gasteiger partial charge on any atom is 0.0441 e. The normalized spacial score (nSPS) is 12.0. The first-order valence-electron chi connectivity index (χ1n) is 17.1. The van der Waals surface area contributed by atoms with Gasteiger partial charge in [0.2, 0.25) is 0 Å². The summed E-state index contributed by atoms with van der Waals surface area (Å²) in [6.07, 6.45) is 0. The molecule has 0 atom stereocenters. The molecule has 0 saturated carbocycles. The summed E-state index contributed by atoms with van der Waals surface area (Å²) in [6, 6.07) is 62.8. The molecule has 0 bridgehead atoms. The highest BCUT2D eigenvalue weighted by Crippen LogP contribution is 2.50. The fourth-order valence-corrected chi connectivity index (χ4v) is 10.8. The molecule has 232 valence electrons. The lowest BCUT2D eigenvalue weighted by Crippen LogP contribution is -1.91. The maximum absolute atomic E-state index is 2.46. The average molecular weight is 669 g/mol. The Kier molecular flexibility index (Phi) is 6.09. The Labute approximate surface area is 297 Å². The van der Waals surface area contributed by atoms with E-state index in [0.717, 1.165) is 0 Å². The Balaban J connectivity index is 1.18. The molecule has 11 rings (SSSR count). The van der Waals surface area contributed by atoms with E-state index in [1.54, 1.807) is 0 Å². The molecule has 2 heteroatoms. The summed E-state index contributed by atoms with van der Waals surface area (Å²) in [5.41, 5.74) is 7.57. The van der Waals surface area contributed by atoms with Crippen LogP contribution in [0.25, 0.3) is 106 Å². The number of hydrogen-bond acceptors (Lipinski definition) is 2. The Morgan fingerprint density at radius 1 is 0.260 bits per heavy atom. The van der Waals surface area contributed by atoms with Crippen LogP contribution in [0.5, 0.6) is 0 Å². The zero-order chi connectivity index (χ0) is 32.8. The Morgan fingerprint density at radius 2 is 0.660 bits per heavy atom. The van der Waals surface area contributed by atoms with Crippen molar-refractivity contribution in [3.63, 3.8) is 0 Å². The Hall–Kier alpha value is -5.80. The zero-order valence-corrected chi connectivity index (χ0v) is 28.6. The average Bonchev–Trinajstić information content (AvgIpc) is 3.76. The van der Waals surface area contributed by atoms with Crippen molar-refractivity contribution in [2.75, 3.05) is 0 Å². The molecule has 2 heterocycles. The van der Waals surface area contributed by atoms with Crippen molar-refractivity contribution >= 4 is 95.3 Å². The van der Waals surface area contributed by atoms with Gasteiger partial charge in [-0.25, -0.2) is 0 Å². The van der Waals surface area contributed by atoms with Crippen molar-refractivity contribution in [2.24, 2.45) is 0 Å². The van der Waals surface area contributed by atoms with E-state index in [1.807, 2.05) is 22.7 Å². The van der Waals surface area contributed by atoms with E-state index in [1.165, 1.54) is 106 Å². The molecule has 0 saturated heterocycles. The van der Waals surface area contributed by atoms with Crippen LogP contribution in [0.4, 0.5) is 0 Å². The summed E-state index contributed by atoms with van der Waals surface area (Å²) in [6.45, 7) is 0. The third-order valence-corrected chi connectivity index (χ3v) is 12.8. The third-order valence-electron chi connectivity index (χ3n) is 10.5. The van der Waals surface area contributed by atoms with Gasteiger partial charge in [0.05, 0.1) is 0 Å². The Morgan fingerprint density at radius 3 is 1.26 bits per heavy atom. The zero-order valence-electron chi connectivity index (χ0n) is 27.0. The molecule has 0 spiro atoms. The van der Waals surface area contributed by atoms with E-state index in [0.29, 0.717) is 0 Å². The second-order valence-corrected chi connectivity index (χ2v) is 15.3. The van der Waals surface area contributed by atoms with Crippen molar-refractivity contribution in [2.45, 2.75) is 0 Å². The summed E-state index contributed by atoms with van der Waals surface area (Å²) < 4.78 is 5.46. The second kappa shape index (κ2) is 10.9. The molecule has 9 aromatic carbocycles. The standard InChI is InChI=1S/C48H28S2/c1-2-12-29(13-3-1)30-22-24-31(25-23-30)43-33-14-4-6-16-35(33)44(36-17-7-5-15-34(36)43)32-26-27-40-42(28-32)50-48-38-19-9-8-18-37(38)47-45(46(40)48)39-20-10-11-21-41(39)49-47/h1-28H. The van der Waals surface area contributed by atoms with Crippen LogP contribution in [0.2, 0.25) is 0 Å². The Bertz CT molecular complexity index is 3070. The topological polar surface area (TPSA) is 0 Å². The predicted octanol–water partition coefficient (Wildman–Crippen LogP) is 14.9. The fourth-order valence-electron chi connectivity index (χ4n) is 8.26. The first-order valence-corrected chi connectivity index (χ1v) is 18.7. The van der Waals surface area contributed by atoms with Gasteiger partial charge < -0.3 is 0 Å². The summed E-state index contributed by atoms with van der Waals surface area (Å²) in [7, 11) is 0. The predicted molar refractivity (Wildman–Crippen MR) is 221 cm³/mol. The molecule has 50 heavy (non-hydrogen) atoms. The lowest BCUT2D eigenvalue weighted by atomic mass is 9.85. The molecule has 0 radical (unpaired) electrons. The van der Waals surface area contributed by atoms with Gasteiger partial charge in [0, 0.05) is 51.1 Å². The quantitative estimate of drug-likeness (QED) is 0.164. The van der Waals surface area contributed by atoms with Crippen LogP contribution in [-0.2, 0) is 0 Å². The monoisotopic (exact) mass is 668 g/mol. The molecular weight excluding hydrogens is 641 g/mol. The molecule has 0 aliphatic heterocycles. The van der Waals surface area contributed by atoms with Gasteiger partial charge in [-0.15, -0.1) is 22.7 Å². The van der Waals surface area contributed by atoms with E-state index >= 15 is 0 Å². The molecule has 2 aromatic heterocycles. The van der Waals surface area contributed by atoms with Crippen LogP contribution in [0.15, 0.2) is 170 Å². The van der Waals surface area contributed by atoms with Crippen LogP contribution in [0.1, 0.15) is 0 Å². The molecule has 0 amide bonds. The minimum atomic E-state index is 1.23. The molecule has 11 aromatic rings. The highest BCUT2D eigenvalue weighted by Gasteiger charge is 2.20. The van der Waals surface area contributed by atoms with Gasteiger partial charge in [-0.2, -0.15) is 0 Å². The number of hydrogen-bond donors (Lipinski definition) is 0. The summed E-state index contributed by atoms with van der Waals surface area (Å²) in [4.78, 5) is 0. The maximum atomic E-state index is 2.46. The summed E-state index contributed by atoms with van der Waals surface area (Å²) >= 11 is 3.87. The van der Waals surface area contributed by atoms with E-state index in [-0.39, 0.29) is 0 Å². The van der Waals surface area contributed by atoms with E-state index in [2.05, 4.69) is 170 Å². The highest BCUT2D eigenvalue weighted by atomic mass is 32.1. The minimum absolute atomic E-state index is 1.23. The third kappa shape index (κ3) is 4.04. The molecular formula is C48H28S2. The SMILES string of the molecule is c1ccc(-c2ccc(-c3c4ccccc4c(-c4ccc5c(c4)sc4c6ccccc6c6sc7ccccc7c6c54)c4ccccc34)cc2)cc1. The highest BCUT2D eigenvalue weighted by molar-refractivity contribution is 7.29. The number of fused-ring (bicyclic) bond motifs is 12. The van der Waals surface area contributed by atoms with Gasteiger partial charge in [-0.05, 0) is 67.1 Å². The summed E-state index contributed by atoms with van der Waals surface area (Å²) in [5.74, 6) is 0. The minimum Gasteiger partial charge on any atom is -0.135 e. The molecule has 0 aliphatic rings. The van der Waals surface area contributed by atoms with E-state index in [4.69, 9.17) is 0 Å². The first-order chi connectivity index (χ1) is 24.8. The second-order valence-electron chi connectivity index (χ2n) is 13.1. The van der Waals surface area contributed by atoms with E-state index in [9.17, 15) is 0 Å². The molecule has 0 unspecified atom stereocenters. The lowest BCUT2D eigenvalue weighted by Gasteiger charge is -2.18. The van der Waals surface area contributed by atoms with Crippen molar-refractivity contribution in [3.8, 4) is 33.4 Å². The van der Waals surface area contributed by atoms with Crippen molar-refractivity contribution < 1.29 is 0 Å². The van der Waals surface area contributed by atoms with Crippen molar-refractivity contribution in [1.82, 2.24) is 0 Å². The van der Waals surface area contributed by atoms with Crippen molar-refractivity contribution in [3.05, 3.63) is 170 Å². The van der Waals surface area contributed by atoms with Gasteiger partial charge in [-0.3, -0.25) is 0 Å². The van der Waals surface area contributed by atoms with Gasteiger partial charge in [0.1, 0.15) is 0 Å². The van der Waals surface area contributed by atoms with Crippen LogP contribution in [0, 0.1) is 0 Å². The van der Waals surface area contributed by atoms with Gasteiger partial charge >= 0.3 is 0 Å². The lowest BCUT2D eigenvalue weighted by molar-refractivity contribution is 1.61. The first kappa shape index (κ1) is 28.1. The van der Waals surface area contributed by atoms with Crippen LogP contribution < -0.4 is 0 Å². The van der Waals surface area contributed by atoms with Gasteiger partial charge in [0.15, 0.2) is 0 Å². The van der Waals surface area contributed by atoms with Crippen LogP contribution >= 0.6 is 22.7 Å². The number of rotatable bonds is 3. The largest absolute Gasteiger partial charge is 0.135 e. The van der Waals surface area contributed by atoms with Gasteiger partial charge in [0.25, 0.3) is 0 Å². The van der Waals surface area contributed by atoms with Crippen LogP contribution in [-0.4, -0.2) is 0 Å². The van der Waals surface area contributed by atoms with Crippen LogP contribution in [0.3, 0.4) is 0 Å². The summed E-state index contributed by atoms with van der Waals surface area (Å²) in [5, 5.41) is 13.3. The van der Waals surface area contributed by atoms with E-state index < -0.39 is 0 Å². The molecule has 0 aliphatic carbocycles. The molecule has 0 nitrogen and oxygen atoms in total. The molecule has 0 N–H and O–H groups in total. The van der Waals surface area contributed by atoms with Crippen molar-refractivity contribution in [1.29, 1.82) is 0 Å². The van der Waals surface area contributed by atoms with Gasteiger partial charge in [-0.1, -0.05) is 158 Å². The smallest absolute Gasteiger partial charge is 0.0441 e. The number of benzene rings is 9. The molecule has 0 fully saturated rings.